The summed E-state index contributed by atoms with van der Waals surface area (Å²) in [5, 5.41) is 2.83. The molecule has 17 heavy (non-hydrogen) atoms. The molecule has 0 bridgehead atoms. The Balaban J connectivity index is 2.35. The van der Waals surface area contributed by atoms with E-state index >= 15 is 0 Å². The minimum absolute atomic E-state index is 0.0189. The Hall–Kier alpha value is -1.07. The maximum absolute atomic E-state index is 11.2. The fraction of sp³-hybridized carbons (Fsp3) is 0.364. The van der Waals surface area contributed by atoms with Gasteiger partial charge in [0.25, 0.3) is 9.05 Å². The van der Waals surface area contributed by atoms with Crippen molar-refractivity contribution in [3.8, 4) is 0 Å². The van der Waals surface area contributed by atoms with Crippen LogP contribution >= 0.6 is 10.7 Å². The molecule has 1 aromatic carbocycles. The van der Waals surface area contributed by atoms with Gasteiger partial charge in [-0.15, -0.1) is 0 Å². The number of hydrogen-bond acceptors (Lipinski definition) is 3. The van der Waals surface area contributed by atoms with Crippen LogP contribution in [0.25, 0.3) is 0 Å². The number of nitrogens with one attached hydrogen (secondary N) is 1. The van der Waals surface area contributed by atoms with Crippen molar-refractivity contribution in [1.82, 2.24) is 5.32 Å². The van der Waals surface area contributed by atoms with E-state index in [9.17, 15) is 13.2 Å². The summed E-state index contributed by atoms with van der Waals surface area (Å²) in [5.41, 5.74) is 1.91. The van der Waals surface area contributed by atoms with Crippen LogP contribution in [0.5, 0.6) is 0 Å². The molecule has 0 radical (unpaired) electrons. The second kappa shape index (κ2) is 4.31. The third-order valence-electron chi connectivity index (χ3n) is 2.85. The molecule has 1 aliphatic rings. The standard InChI is InChI=1S/C11H12ClNO3S/c1-7(14)13-11-5-2-8-6-9(17(12,15)16)3-4-10(8)11/h3-4,6,11H,2,5H2,1H3,(H,13,14). The van der Waals surface area contributed by atoms with Crippen molar-refractivity contribution in [3.05, 3.63) is 29.3 Å². The number of hydrogen-bond donors (Lipinski definition) is 1. The van der Waals surface area contributed by atoms with Crippen LogP contribution in [-0.4, -0.2) is 14.3 Å². The number of amides is 1. The summed E-state index contributed by atoms with van der Waals surface area (Å²) in [7, 11) is 1.60. The largest absolute Gasteiger partial charge is 0.350 e. The molecule has 0 heterocycles. The maximum Gasteiger partial charge on any atom is 0.261 e. The van der Waals surface area contributed by atoms with Crippen LogP contribution in [-0.2, 0) is 20.3 Å². The monoisotopic (exact) mass is 273 g/mol. The fourth-order valence-corrected chi connectivity index (χ4v) is 2.94. The third-order valence-corrected chi connectivity index (χ3v) is 4.20. The highest BCUT2D eigenvalue weighted by Gasteiger charge is 2.24. The Morgan fingerprint density at radius 3 is 2.76 bits per heavy atom. The van der Waals surface area contributed by atoms with E-state index in [4.69, 9.17) is 10.7 Å². The highest BCUT2D eigenvalue weighted by molar-refractivity contribution is 8.13. The number of carbonyl (C=O) groups is 1. The van der Waals surface area contributed by atoms with Gasteiger partial charge in [-0.2, -0.15) is 0 Å². The van der Waals surface area contributed by atoms with Crippen LogP contribution in [0.3, 0.4) is 0 Å². The Kier molecular flexibility index (Phi) is 3.14. The highest BCUT2D eigenvalue weighted by Crippen LogP contribution is 2.33. The van der Waals surface area contributed by atoms with Crippen molar-refractivity contribution in [2.24, 2.45) is 0 Å². The van der Waals surface area contributed by atoms with Crippen LogP contribution in [0.4, 0.5) is 0 Å². The predicted octanol–water partition coefficient (Wildman–Crippen LogP) is 1.74. The molecule has 6 heteroatoms. The molecule has 1 atom stereocenters. The average molecular weight is 274 g/mol. The fourth-order valence-electron chi connectivity index (χ4n) is 2.14. The third kappa shape index (κ3) is 2.61. The number of aryl methyl sites for hydroxylation is 1. The second-order valence-corrected chi connectivity index (χ2v) is 6.66. The summed E-state index contributed by atoms with van der Waals surface area (Å²) >= 11 is 0. The summed E-state index contributed by atoms with van der Waals surface area (Å²) in [6.45, 7) is 1.47. The molecule has 0 aromatic heterocycles. The second-order valence-electron chi connectivity index (χ2n) is 4.09. The zero-order chi connectivity index (χ0) is 12.6. The van der Waals surface area contributed by atoms with Crippen LogP contribution in [0, 0.1) is 0 Å². The summed E-state index contributed by atoms with van der Waals surface area (Å²) < 4.78 is 22.4. The van der Waals surface area contributed by atoms with Crippen LogP contribution in [0.2, 0.25) is 0 Å². The first-order chi connectivity index (χ1) is 7.88. The normalized spacial score (nSPS) is 18.8. The van der Waals surface area contributed by atoms with Gasteiger partial charge in [0, 0.05) is 17.6 Å². The van der Waals surface area contributed by atoms with Gasteiger partial charge in [0.15, 0.2) is 0 Å². The molecule has 0 fully saturated rings. The molecular formula is C11H12ClNO3S. The minimum Gasteiger partial charge on any atom is -0.350 e. The van der Waals surface area contributed by atoms with Gasteiger partial charge in [0.2, 0.25) is 5.91 Å². The Labute approximate surface area is 104 Å². The molecule has 1 unspecified atom stereocenters. The molecule has 1 N–H and O–H groups in total. The summed E-state index contributed by atoms with van der Waals surface area (Å²) in [5.74, 6) is -0.0862. The van der Waals surface area contributed by atoms with E-state index in [0.717, 1.165) is 24.0 Å². The van der Waals surface area contributed by atoms with Gasteiger partial charge in [0.1, 0.15) is 0 Å². The summed E-state index contributed by atoms with van der Waals surface area (Å²) in [4.78, 5) is 11.1. The van der Waals surface area contributed by atoms with Gasteiger partial charge < -0.3 is 5.32 Å². The van der Waals surface area contributed by atoms with E-state index in [-0.39, 0.29) is 16.8 Å². The molecule has 4 nitrogen and oxygen atoms in total. The first-order valence-corrected chi connectivity index (χ1v) is 7.53. The molecular weight excluding hydrogens is 262 g/mol. The number of carbonyl (C=O) groups excluding carboxylic acids is 1. The van der Waals surface area contributed by atoms with E-state index in [1.807, 2.05) is 0 Å². The summed E-state index contributed by atoms with van der Waals surface area (Å²) in [6.07, 6.45) is 1.54. The number of rotatable bonds is 2. The maximum atomic E-state index is 11.2. The molecule has 1 aliphatic carbocycles. The first kappa shape index (κ1) is 12.4. The van der Waals surface area contributed by atoms with Crippen molar-refractivity contribution in [3.63, 3.8) is 0 Å². The Morgan fingerprint density at radius 2 is 2.18 bits per heavy atom. The van der Waals surface area contributed by atoms with E-state index in [2.05, 4.69) is 5.32 Å². The first-order valence-electron chi connectivity index (χ1n) is 5.22. The van der Waals surface area contributed by atoms with Gasteiger partial charge in [0.05, 0.1) is 10.9 Å². The highest BCUT2D eigenvalue weighted by atomic mass is 35.7. The SMILES string of the molecule is CC(=O)NC1CCc2cc(S(=O)(=O)Cl)ccc21. The quantitative estimate of drug-likeness (QED) is 0.835. The number of benzene rings is 1. The Bertz CT molecular complexity index is 568. The lowest BCUT2D eigenvalue weighted by Gasteiger charge is -2.12. The number of fused-ring (bicyclic) bond motifs is 1. The van der Waals surface area contributed by atoms with E-state index in [0.29, 0.717) is 0 Å². The van der Waals surface area contributed by atoms with Crippen molar-refractivity contribution in [2.75, 3.05) is 0 Å². The summed E-state index contributed by atoms with van der Waals surface area (Å²) in [6, 6.07) is 4.76. The van der Waals surface area contributed by atoms with Gasteiger partial charge >= 0.3 is 0 Å². The molecule has 1 aromatic rings. The van der Waals surface area contributed by atoms with E-state index in [1.54, 1.807) is 12.1 Å². The lowest BCUT2D eigenvalue weighted by molar-refractivity contribution is -0.119. The lowest BCUT2D eigenvalue weighted by Crippen LogP contribution is -2.24. The van der Waals surface area contributed by atoms with E-state index < -0.39 is 9.05 Å². The van der Waals surface area contributed by atoms with Crippen LogP contribution in [0.15, 0.2) is 23.1 Å². The van der Waals surface area contributed by atoms with Gasteiger partial charge in [-0.1, -0.05) is 6.07 Å². The van der Waals surface area contributed by atoms with Gasteiger partial charge in [-0.3, -0.25) is 4.79 Å². The van der Waals surface area contributed by atoms with Gasteiger partial charge in [-0.25, -0.2) is 8.42 Å². The zero-order valence-electron chi connectivity index (χ0n) is 9.23. The van der Waals surface area contributed by atoms with Crippen LogP contribution in [0.1, 0.15) is 30.5 Å². The van der Waals surface area contributed by atoms with Crippen molar-refractivity contribution < 1.29 is 13.2 Å². The molecule has 0 spiro atoms. The molecule has 2 rings (SSSR count). The molecule has 0 aliphatic heterocycles. The van der Waals surface area contributed by atoms with Crippen molar-refractivity contribution >= 4 is 25.6 Å². The smallest absolute Gasteiger partial charge is 0.261 e. The zero-order valence-corrected chi connectivity index (χ0v) is 10.8. The van der Waals surface area contributed by atoms with Crippen molar-refractivity contribution in [2.45, 2.75) is 30.7 Å². The molecule has 1 amide bonds. The number of halogens is 1. The molecule has 92 valence electrons. The minimum atomic E-state index is -3.68. The topological polar surface area (TPSA) is 63.2 Å². The average Bonchev–Trinajstić information content (AvgIpc) is 2.59. The predicted molar refractivity (Wildman–Crippen MR) is 64.4 cm³/mol. The molecule has 0 saturated carbocycles. The van der Waals surface area contributed by atoms with Crippen LogP contribution < -0.4 is 5.32 Å². The Morgan fingerprint density at radius 1 is 1.47 bits per heavy atom. The van der Waals surface area contributed by atoms with E-state index in [1.165, 1.54) is 13.0 Å². The lowest BCUT2D eigenvalue weighted by atomic mass is 10.1. The van der Waals surface area contributed by atoms with Crippen molar-refractivity contribution in [1.29, 1.82) is 0 Å². The molecule has 0 saturated heterocycles. The van der Waals surface area contributed by atoms with Gasteiger partial charge in [-0.05, 0) is 36.1 Å².